The molecule has 0 unspecified atom stereocenters. The number of benzene rings is 1. The second-order valence-electron chi connectivity index (χ2n) is 4.09. The van der Waals surface area contributed by atoms with Crippen LogP contribution < -0.4 is 11.5 Å². The third kappa shape index (κ3) is 1.73. The number of nitrogens with two attached hydrogens (primary N) is 2. The van der Waals surface area contributed by atoms with Crippen LogP contribution >= 0.6 is 11.3 Å². The zero-order chi connectivity index (χ0) is 13.6. The molecule has 5 nitrogen and oxygen atoms in total. The number of guanidine groups is 1. The molecule has 3 rings (SSSR count). The zero-order valence-corrected chi connectivity index (χ0v) is 10.5. The van der Waals surface area contributed by atoms with Gasteiger partial charge in [0, 0.05) is 27.1 Å². The summed E-state index contributed by atoms with van der Waals surface area (Å²) >= 11 is 1.51. The molecule has 1 aromatic carbocycles. The van der Waals surface area contributed by atoms with E-state index in [1.54, 1.807) is 24.3 Å². The van der Waals surface area contributed by atoms with Gasteiger partial charge >= 0.3 is 0 Å². The molecule has 1 amide bonds. The number of rotatable bonds is 1. The molecule has 0 fully saturated rings. The summed E-state index contributed by atoms with van der Waals surface area (Å²) in [4.78, 5) is 28.3. The number of carbonyl (C=O) groups excluding carboxylic acids is 2. The van der Waals surface area contributed by atoms with Crippen molar-refractivity contribution in [1.29, 1.82) is 0 Å². The van der Waals surface area contributed by atoms with E-state index >= 15 is 0 Å². The van der Waals surface area contributed by atoms with E-state index in [1.165, 1.54) is 11.3 Å². The van der Waals surface area contributed by atoms with Crippen LogP contribution in [0.4, 0.5) is 0 Å². The lowest BCUT2D eigenvalue weighted by molar-refractivity contribution is 0.100. The van der Waals surface area contributed by atoms with Crippen LogP contribution in [0.15, 0.2) is 34.6 Å². The Morgan fingerprint density at radius 2 is 1.89 bits per heavy atom. The molecule has 1 heterocycles. The lowest BCUT2D eigenvalue weighted by Gasteiger charge is -2.01. The van der Waals surface area contributed by atoms with E-state index in [9.17, 15) is 9.59 Å². The molecular formula is C13H9N3O2S. The molecule has 94 valence electrons. The Balaban J connectivity index is 2.10. The van der Waals surface area contributed by atoms with Crippen molar-refractivity contribution in [3.63, 3.8) is 0 Å². The second-order valence-corrected chi connectivity index (χ2v) is 5.01. The first-order valence-corrected chi connectivity index (χ1v) is 6.36. The molecule has 4 N–H and O–H groups in total. The van der Waals surface area contributed by atoms with Crippen LogP contribution in [0.25, 0.3) is 10.4 Å². The predicted octanol–water partition coefficient (Wildman–Crippen LogP) is 1.37. The largest absolute Gasteiger partial charge is 0.370 e. The maximum atomic E-state index is 12.2. The summed E-state index contributed by atoms with van der Waals surface area (Å²) in [5.41, 5.74) is 12.7. The average molecular weight is 271 g/mol. The Morgan fingerprint density at radius 1 is 1.11 bits per heavy atom. The monoisotopic (exact) mass is 271 g/mol. The first-order valence-electron chi connectivity index (χ1n) is 5.48. The Kier molecular flexibility index (Phi) is 2.46. The van der Waals surface area contributed by atoms with Gasteiger partial charge in [0.25, 0.3) is 5.91 Å². The summed E-state index contributed by atoms with van der Waals surface area (Å²) in [6.45, 7) is 0. The first kappa shape index (κ1) is 11.6. The van der Waals surface area contributed by atoms with Gasteiger partial charge in [-0.15, -0.1) is 11.3 Å². The zero-order valence-electron chi connectivity index (χ0n) is 9.71. The van der Waals surface area contributed by atoms with Crippen LogP contribution in [0.5, 0.6) is 0 Å². The lowest BCUT2D eigenvalue weighted by Crippen LogP contribution is -2.24. The normalized spacial score (nSPS) is 11.9. The fraction of sp³-hybridized carbons (Fsp3) is 0. The highest BCUT2D eigenvalue weighted by molar-refractivity contribution is 7.14. The van der Waals surface area contributed by atoms with Crippen molar-refractivity contribution in [1.82, 2.24) is 0 Å². The Bertz CT molecular complexity index is 742. The number of aliphatic imine (C=N–C) groups is 1. The van der Waals surface area contributed by atoms with E-state index in [1.807, 2.05) is 5.38 Å². The van der Waals surface area contributed by atoms with E-state index in [0.717, 1.165) is 10.4 Å². The van der Waals surface area contributed by atoms with Gasteiger partial charge < -0.3 is 11.5 Å². The summed E-state index contributed by atoms with van der Waals surface area (Å²) in [6, 6.07) is 6.71. The minimum atomic E-state index is -0.550. The molecule has 1 aliphatic rings. The fourth-order valence-corrected chi connectivity index (χ4v) is 3.02. The van der Waals surface area contributed by atoms with Crippen molar-refractivity contribution in [3.05, 3.63) is 46.3 Å². The van der Waals surface area contributed by atoms with Crippen molar-refractivity contribution in [3.8, 4) is 10.4 Å². The highest BCUT2D eigenvalue weighted by Crippen LogP contribution is 2.40. The van der Waals surface area contributed by atoms with Crippen molar-refractivity contribution >= 4 is 29.0 Å². The lowest BCUT2D eigenvalue weighted by atomic mass is 10.1. The number of hydrogen-bond acceptors (Lipinski definition) is 3. The smallest absolute Gasteiger partial charge is 0.280 e. The number of carbonyl (C=O) groups is 2. The molecule has 0 bridgehead atoms. The molecule has 6 heteroatoms. The number of fused-ring (bicyclic) bond motifs is 3. The van der Waals surface area contributed by atoms with Crippen LogP contribution in [0.2, 0.25) is 0 Å². The number of ketones is 1. The highest BCUT2D eigenvalue weighted by atomic mass is 32.1. The van der Waals surface area contributed by atoms with Gasteiger partial charge in [0.05, 0.1) is 0 Å². The summed E-state index contributed by atoms with van der Waals surface area (Å²) in [7, 11) is 0. The maximum absolute atomic E-state index is 12.2. The SMILES string of the molecule is NC(N)=NC(=O)c1ccc2c(c1)C(=O)c1ccsc1-2. The molecular weight excluding hydrogens is 262 g/mol. The molecule has 0 saturated carbocycles. The molecule has 0 atom stereocenters. The number of hydrogen-bond donors (Lipinski definition) is 2. The highest BCUT2D eigenvalue weighted by Gasteiger charge is 2.28. The van der Waals surface area contributed by atoms with E-state index in [0.29, 0.717) is 16.7 Å². The summed E-state index contributed by atoms with van der Waals surface area (Å²) < 4.78 is 0. The predicted molar refractivity (Wildman–Crippen MR) is 73.3 cm³/mol. The van der Waals surface area contributed by atoms with Crippen LogP contribution in [-0.2, 0) is 0 Å². The van der Waals surface area contributed by atoms with Gasteiger partial charge in [-0.3, -0.25) is 9.59 Å². The van der Waals surface area contributed by atoms with Crippen molar-refractivity contribution in [2.45, 2.75) is 0 Å². The van der Waals surface area contributed by atoms with Gasteiger partial charge in [-0.2, -0.15) is 4.99 Å². The molecule has 2 aromatic rings. The minimum Gasteiger partial charge on any atom is -0.370 e. The fourth-order valence-electron chi connectivity index (χ4n) is 2.09. The van der Waals surface area contributed by atoms with E-state index in [4.69, 9.17) is 11.5 Å². The van der Waals surface area contributed by atoms with Crippen molar-refractivity contribution < 1.29 is 9.59 Å². The van der Waals surface area contributed by atoms with Crippen LogP contribution in [0.1, 0.15) is 26.3 Å². The Morgan fingerprint density at radius 3 is 2.63 bits per heavy atom. The van der Waals surface area contributed by atoms with Crippen LogP contribution in [0.3, 0.4) is 0 Å². The van der Waals surface area contributed by atoms with E-state index in [-0.39, 0.29) is 11.7 Å². The summed E-state index contributed by atoms with van der Waals surface area (Å²) in [5.74, 6) is -0.910. The van der Waals surface area contributed by atoms with Gasteiger partial charge in [0.1, 0.15) is 0 Å². The Labute approximate surface area is 112 Å². The molecule has 0 saturated heterocycles. The summed E-state index contributed by atoms with van der Waals surface area (Å²) in [5, 5.41) is 1.88. The second kappa shape index (κ2) is 4.03. The quantitative estimate of drug-likeness (QED) is 0.516. The van der Waals surface area contributed by atoms with Gasteiger partial charge in [-0.05, 0) is 23.6 Å². The molecule has 19 heavy (non-hydrogen) atoms. The van der Waals surface area contributed by atoms with E-state index in [2.05, 4.69) is 4.99 Å². The standard InChI is InChI=1S/C13H9N3O2S/c14-13(15)16-12(18)6-1-2-7-9(5-6)10(17)8-3-4-19-11(7)8/h1-5H,(H4,14,15,16,18). The van der Waals surface area contributed by atoms with Crippen LogP contribution in [-0.4, -0.2) is 17.6 Å². The topological polar surface area (TPSA) is 98.5 Å². The molecule has 0 spiro atoms. The minimum absolute atomic E-state index is 0.0643. The molecule has 1 aliphatic carbocycles. The molecule has 0 radical (unpaired) electrons. The van der Waals surface area contributed by atoms with Gasteiger partial charge in [0.15, 0.2) is 11.7 Å². The van der Waals surface area contributed by atoms with Gasteiger partial charge in [-0.1, -0.05) is 6.07 Å². The third-order valence-electron chi connectivity index (χ3n) is 2.90. The number of thiophene rings is 1. The van der Waals surface area contributed by atoms with Crippen molar-refractivity contribution in [2.24, 2.45) is 16.5 Å². The Hall–Kier alpha value is -2.47. The van der Waals surface area contributed by atoms with Crippen LogP contribution in [0, 0.1) is 0 Å². The van der Waals surface area contributed by atoms with Gasteiger partial charge in [-0.25, -0.2) is 0 Å². The molecule has 1 aromatic heterocycles. The first-order chi connectivity index (χ1) is 9.08. The number of nitrogens with zero attached hydrogens (tertiary/aromatic N) is 1. The number of amides is 1. The van der Waals surface area contributed by atoms with Gasteiger partial charge in [0.2, 0.25) is 0 Å². The molecule has 0 aliphatic heterocycles. The van der Waals surface area contributed by atoms with Crippen molar-refractivity contribution in [2.75, 3.05) is 0 Å². The average Bonchev–Trinajstić information content (AvgIpc) is 2.93. The third-order valence-corrected chi connectivity index (χ3v) is 3.84. The summed E-state index contributed by atoms with van der Waals surface area (Å²) in [6.07, 6.45) is 0. The van der Waals surface area contributed by atoms with E-state index < -0.39 is 5.91 Å². The maximum Gasteiger partial charge on any atom is 0.280 e.